The lowest BCUT2D eigenvalue weighted by Crippen LogP contribution is -2.34. The SMILES string of the molecule is CCOC(=O)NC(=O)COC(=O)c1ccccc1CSc1nc2ccccc2[nH]1. The molecule has 2 amide bonds. The Morgan fingerprint density at radius 2 is 1.83 bits per heavy atom. The molecule has 29 heavy (non-hydrogen) atoms. The van der Waals surface area contributed by atoms with Crippen molar-refractivity contribution >= 4 is 40.8 Å². The summed E-state index contributed by atoms with van der Waals surface area (Å²) in [5, 5.41) is 2.71. The molecule has 0 aliphatic rings. The number of rotatable bonds is 7. The number of carbonyl (C=O) groups excluding carboxylic acids is 3. The lowest BCUT2D eigenvalue weighted by molar-refractivity contribution is -0.123. The average molecular weight is 413 g/mol. The summed E-state index contributed by atoms with van der Waals surface area (Å²) in [4.78, 5) is 42.9. The summed E-state index contributed by atoms with van der Waals surface area (Å²) in [6, 6.07) is 14.7. The Bertz CT molecular complexity index is 1000. The van der Waals surface area contributed by atoms with Crippen LogP contribution in [0.4, 0.5) is 4.79 Å². The molecule has 0 atom stereocenters. The van der Waals surface area contributed by atoms with Crippen molar-refractivity contribution in [3.8, 4) is 0 Å². The molecule has 150 valence electrons. The lowest BCUT2D eigenvalue weighted by atomic mass is 10.1. The number of fused-ring (bicyclic) bond motifs is 1. The molecular formula is C20H19N3O5S. The van der Waals surface area contributed by atoms with Crippen LogP contribution in [0.3, 0.4) is 0 Å². The van der Waals surface area contributed by atoms with Crippen molar-refractivity contribution < 1.29 is 23.9 Å². The molecule has 0 radical (unpaired) electrons. The Balaban J connectivity index is 1.59. The molecule has 0 unspecified atom stereocenters. The first-order chi connectivity index (χ1) is 14.1. The van der Waals surface area contributed by atoms with E-state index in [0.717, 1.165) is 21.8 Å². The van der Waals surface area contributed by atoms with Crippen LogP contribution < -0.4 is 5.32 Å². The van der Waals surface area contributed by atoms with Crippen LogP contribution in [0.2, 0.25) is 0 Å². The number of para-hydroxylation sites is 2. The number of ether oxygens (including phenoxy) is 2. The Morgan fingerprint density at radius 3 is 2.62 bits per heavy atom. The second kappa shape index (κ2) is 9.74. The van der Waals surface area contributed by atoms with Gasteiger partial charge in [0.25, 0.3) is 5.91 Å². The number of thioether (sulfide) groups is 1. The molecule has 8 nitrogen and oxygen atoms in total. The monoisotopic (exact) mass is 413 g/mol. The molecule has 0 saturated heterocycles. The molecule has 3 aromatic rings. The van der Waals surface area contributed by atoms with Crippen LogP contribution in [-0.2, 0) is 20.0 Å². The number of amides is 2. The van der Waals surface area contributed by atoms with Gasteiger partial charge in [-0.3, -0.25) is 10.1 Å². The standard InChI is InChI=1S/C20H19N3O5S/c1-2-27-20(26)23-17(24)11-28-18(25)14-8-4-3-7-13(14)12-29-19-21-15-9-5-6-10-16(15)22-19/h3-10H,2,11-12H2,1H3,(H,21,22)(H,23,24,26). The van der Waals surface area contributed by atoms with Crippen LogP contribution in [0.15, 0.2) is 53.7 Å². The number of imide groups is 1. The van der Waals surface area contributed by atoms with Crippen LogP contribution in [0, 0.1) is 0 Å². The summed E-state index contributed by atoms with van der Waals surface area (Å²) >= 11 is 1.45. The van der Waals surface area contributed by atoms with Crippen molar-refractivity contribution in [2.45, 2.75) is 17.8 Å². The number of alkyl carbamates (subject to hydrolysis) is 1. The molecule has 3 rings (SSSR count). The largest absolute Gasteiger partial charge is 0.452 e. The van der Waals surface area contributed by atoms with Crippen molar-refractivity contribution in [1.29, 1.82) is 0 Å². The Hall–Kier alpha value is -3.33. The fraction of sp³-hybridized carbons (Fsp3) is 0.200. The van der Waals surface area contributed by atoms with E-state index in [2.05, 4.69) is 14.7 Å². The first kappa shape index (κ1) is 20.4. The second-order valence-electron chi connectivity index (χ2n) is 5.85. The summed E-state index contributed by atoms with van der Waals surface area (Å²) in [6.07, 6.45) is -0.879. The predicted octanol–water partition coefficient (Wildman–Crippen LogP) is 3.28. The Kier molecular flexibility index (Phi) is 6.85. The smallest absolute Gasteiger partial charge is 0.413 e. The van der Waals surface area contributed by atoms with Crippen LogP contribution >= 0.6 is 11.8 Å². The minimum absolute atomic E-state index is 0.134. The number of imidazole rings is 1. The zero-order valence-corrected chi connectivity index (χ0v) is 16.5. The lowest BCUT2D eigenvalue weighted by Gasteiger charge is -2.09. The normalized spacial score (nSPS) is 10.5. The van der Waals surface area contributed by atoms with Gasteiger partial charge in [-0.15, -0.1) is 0 Å². The third kappa shape index (κ3) is 5.58. The molecule has 2 N–H and O–H groups in total. The van der Waals surface area contributed by atoms with Gasteiger partial charge in [0.1, 0.15) is 0 Å². The average Bonchev–Trinajstić information content (AvgIpc) is 3.14. The van der Waals surface area contributed by atoms with E-state index >= 15 is 0 Å². The van der Waals surface area contributed by atoms with Crippen molar-refractivity contribution in [2.24, 2.45) is 0 Å². The number of hydrogen-bond acceptors (Lipinski definition) is 7. The molecular weight excluding hydrogens is 394 g/mol. The third-order valence-corrected chi connectivity index (χ3v) is 4.74. The zero-order chi connectivity index (χ0) is 20.6. The second-order valence-corrected chi connectivity index (χ2v) is 6.81. The van der Waals surface area contributed by atoms with Gasteiger partial charge in [0.15, 0.2) is 11.8 Å². The van der Waals surface area contributed by atoms with Gasteiger partial charge >= 0.3 is 12.1 Å². The van der Waals surface area contributed by atoms with Gasteiger partial charge in [-0.05, 0) is 30.7 Å². The van der Waals surface area contributed by atoms with Gasteiger partial charge in [-0.2, -0.15) is 0 Å². The number of hydrogen-bond donors (Lipinski definition) is 2. The van der Waals surface area contributed by atoms with Crippen molar-refractivity contribution in [3.63, 3.8) is 0 Å². The van der Waals surface area contributed by atoms with Crippen LogP contribution in [0.1, 0.15) is 22.8 Å². The quantitative estimate of drug-likeness (QED) is 0.452. The molecule has 0 aliphatic carbocycles. The molecule has 0 saturated carbocycles. The zero-order valence-electron chi connectivity index (χ0n) is 15.6. The number of esters is 1. The Labute approximate surface area is 171 Å². The van der Waals surface area contributed by atoms with E-state index in [1.54, 1.807) is 19.1 Å². The van der Waals surface area contributed by atoms with E-state index in [1.165, 1.54) is 11.8 Å². The number of nitrogens with one attached hydrogen (secondary N) is 2. The summed E-state index contributed by atoms with van der Waals surface area (Å²) in [7, 11) is 0. The van der Waals surface area contributed by atoms with Crippen molar-refractivity contribution in [2.75, 3.05) is 13.2 Å². The van der Waals surface area contributed by atoms with Crippen LogP contribution in [0.25, 0.3) is 11.0 Å². The number of nitrogens with zero attached hydrogens (tertiary/aromatic N) is 1. The van der Waals surface area contributed by atoms with Gasteiger partial charge < -0.3 is 14.5 Å². The van der Waals surface area contributed by atoms with E-state index in [0.29, 0.717) is 11.3 Å². The van der Waals surface area contributed by atoms with E-state index < -0.39 is 24.6 Å². The van der Waals surface area contributed by atoms with Crippen LogP contribution in [-0.4, -0.2) is 41.2 Å². The first-order valence-electron chi connectivity index (χ1n) is 8.86. The molecule has 0 fully saturated rings. The van der Waals surface area contributed by atoms with Gasteiger partial charge in [0, 0.05) is 5.75 Å². The number of H-pyrrole nitrogens is 1. The molecule has 2 aromatic carbocycles. The predicted molar refractivity (Wildman–Crippen MR) is 108 cm³/mol. The third-order valence-electron chi connectivity index (χ3n) is 3.82. The maximum absolute atomic E-state index is 12.4. The summed E-state index contributed by atoms with van der Waals surface area (Å²) in [5.74, 6) is -0.920. The van der Waals surface area contributed by atoms with Crippen molar-refractivity contribution in [1.82, 2.24) is 15.3 Å². The minimum Gasteiger partial charge on any atom is -0.452 e. The van der Waals surface area contributed by atoms with E-state index in [4.69, 9.17) is 4.74 Å². The minimum atomic E-state index is -0.879. The molecule has 0 aliphatic heterocycles. The summed E-state index contributed by atoms with van der Waals surface area (Å²) < 4.78 is 9.61. The molecule has 9 heteroatoms. The fourth-order valence-corrected chi connectivity index (χ4v) is 3.40. The molecule has 1 aromatic heterocycles. The molecule has 0 spiro atoms. The number of aromatic amines is 1. The van der Waals surface area contributed by atoms with E-state index in [-0.39, 0.29) is 6.61 Å². The number of aromatic nitrogens is 2. The topological polar surface area (TPSA) is 110 Å². The number of carbonyl (C=O) groups is 3. The highest BCUT2D eigenvalue weighted by Crippen LogP contribution is 2.24. The van der Waals surface area contributed by atoms with Gasteiger partial charge in [-0.25, -0.2) is 14.6 Å². The Morgan fingerprint density at radius 1 is 1.07 bits per heavy atom. The summed E-state index contributed by atoms with van der Waals surface area (Å²) in [5.41, 5.74) is 2.90. The van der Waals surface area contributed by atoms with Crippen LogP contribution in [0.5, 0.6) is 0 Å². The molecule has 1 heterocycles. The van der Waals surface area contributed by atoms with E-state index in [9.17, 15) is 14.4 Å². The van der Waals surface area contributed by atoms with E-state index in [1.807, 2.05) is 41.7 Å². The fourth-order valence-electron chi connectivity index (χ4n) is 2.52. The summed E-state index contributed by atoms with van der Waals surface area (Å²) in [6.45, 7) is 1.17. The highest BCUT2D eigenvalue weighted by atomic mass is 32.2. The highest BCUT2D eigenvalue weighted by molar-refractivity contribution is 7.98. The van der Waals surface area contributed by atoms with Crippen molar-refractivity contribution in [3.05, 3.63) is 59.7 Å². The highest BCUT2D eigenvalue weighted by Gasteiger charge is 2.16. The number of benzene rings is 2. The molecule has 0 bridgehead atoms. The maximum Gasteiger partial charge on any atom is 0.413 e. The first-order valence-corrected chi connectivity index (χ1v) is 9.84. The van der Waals surface area contributed by atoms with Gasteiger partial charge in [0.05, 0.1) is 23.2 Å². The van der Waals surface area contributed by atoms with Gasteiger partial charge in [-0.1, -0.05) is 42.1 Å². The van der Waals surface area contributed by atoms with Gasteiger partial charge in [0.2, 0.25) is 0 Å². The maximum atomic E-state index is 12.4.